The number of ether oxygens (including phenoxy) is 1. The Bertz CT molecular complexity index is 166. The third kappa shape index (κ3) is 1.97. The first-order chi connectivity index (χ1) is 5.70. The molecule has 70 valence electrons. The van der Waals surface area contributed by atoms with Crippen molar-refractivity contribution in [3.05, 3.63) is 0 Å². The smallest absolute Gasteiger partial charge is 0.322 e. The van der Waals surface area contributed by atoms with Crippen molar-refractivity contribution in [2.24, 2.45) is 0 Å². The number of nitrogens with zero attached hydrogens (tertiary/aromatic N) is 1. The Kier molecular flexibility index (Phi) is 3.09. The van der Waals surface area contributed by atoms with Crippen LogP contribution in [0.2, 0.25) is 0 Å². The fraction of sp³-hybridized carbons (Fsp3) is 0.889. The van der Waals surface area contributed by atoms with Gasteiger partial charge in [-0.3, -0.25) is 9.69 Å². The first-order valence-corrected chi connectivity index (χ1v) is 4.54. The van der Waals surface area contributed by atoms with Gasteiger partial charge in [-0.1, -0.05) is 6.92 Å². The maximum atomic E-state index is 11.2. The maximum absolute atomic E-state index is 11.2. The number of methoxy groups -OCH3 is 1. The van der Waals surface area contributed by atoms with E-state index in [1.54, 1.807) is 0 Å². The summed E-state index contributed by atoms with van der Waals surface area (Å²) in [6, 6.07) is 0.552. The number of hydrogen-bond acceptors (Lipinski definition) is 3. The SMILES string of the molecule is CCN(C1CC1)C(C)C(=O)OC. The van der Waals surface area contributed by atoms with Gasteiger partial charge in [-0.15, -0.1) is 0 Å². The average molecular weight is 171 g/mol. The van der Waals surface area contributed by atoms with E-state index < -0.39 is 0 Å². The minimum atomic E-state index is -0.122. The van der Waals surface area contributed by atoms with Gasteiger partial charge in [-0.25, -0.2) is 0 Å². The van der Waals surface area contributed by atoms with Crippen LogP contribution in [0.3, 0.4) is 0 Å². The van der Waals surface area contributed by atoms with Crippen LogP contribution in [0.4, 0.5) is 0 Å². The van der Waals surface area contributed by atoms with Gasteiger partial charge in [0.25, 0.3) is 0 Å². The van der Waals surface area contributed by atoms with Gasteiger partial charge in [0.2, 0.25) is 0 Å². The standard InChI is InChI=1S/C9H17NO2/c1-4-10(8-5-6-8)7(2)9(11)12-3/h7-8H,4-6H2,1-3H3. The molecule has 0 bridgehead atoms. The number of rotatable bonds is 4. The van der Waals surface area contributed by atoms with Crippen molar-refractivity contribution in [2.75, 3.05) is 13.7 Å². The van der Waals surface area contributed by atoms with Gasteiger partial charge in [0.05, 0.1) is 7.11 Å². The molecule has 1 fully saturated rings. The van der Waals surface area contributed by atoms with E-state index >= 15 is 0 Å². The van der Waals surface area contributed by atoms with Crippen LogP contribution in [0.25, 0.3) is 0 Å². The Morgan fingerprint density at radius 1 is 1.67 bits per heavy atom. The topological polar surface area (TPSA) is 29.5 Å². The summed E-state index contributed by atoms with van der Waals surface area (Å²) < 4.78 is 4.69. The van der Waals surface area contributed by atoms with Gasteiger partial charge >= 0.3 is 5.97 Å². The van der Waals surface area contributed by atoms with Gasteiger partial charge in [-0.05, 0) is 26.3 Å². The van der Waals surface area contributed by atoms with Crippen molar-refractivity contribution in [3.8, 4) is 0 Å². The first kappa shape index (κ1) is 9.52. The third-order valence-corrected chi connectivity index (χ3v) is 2.42. The predicted molar refractivity (Wildman–Crippen MR) is 46.9 cm³/mol. The summed E-state index contributed by atoms with van der Waals surface area (Å²) in [5, 5.41) is 0. The number of carbonyl (C=O) groups is 1. The first-order valence-electron chi connectivity index (χ1n) is 4.54. The van der Waals surface area contributed by atoms with Crippen LogP contribution >= 0.6 is 0 Å². The molecule has 0 aromatic rings. The summed E-state index contributed by atoms with van der Waals surface area (Å²) in [7, 11) is 1.44. The highest BCUT2D eigenvalue weighted by atomic mass is 16.5. The van der Waals surface area contributed by atoms with Gasteiger partial charge in [0.1, 0.15) is 6.04 Å². The molecule has 0 N–H and O–H groups in total. The molecule has 0 spiro atoms. The van der Waals surface area contributed by atoms with E-state index in [-0.39, 0.29) is 12.0 Å². The molecule has 1 aliphatic carbocycles. The number of esters is 1. The molecule has 0 aromatic heterocycles. The van der Waals surface area contributed by atoms with Crippen LogP contribution in [0.1, 0.15) is 26.7 Å². The van der Waals surface area contributed by atoms with E-state index in [9.17, 15) is 4.79 Å². The van der Waals surface area contributed by atoms with E-state index in [1.807, 2.05) is 6.92 Å². The van der Waals surface area contributed by atoms with Crippen molar-refractivity contribution >= 4 is 5.97 Å². The van der Waals surface area contributed by atoms with E-state index in [4.69, 9.17) is 4.74 Å². The molecule has 3 nitrogen and oxygen atoms in total. The molecule has 0 saturated heterocycles. The number of carbonyl (C=O) groups excluding carboxylic acids is 1. The highest BCUT2D eigenvalue weighted by Gasteiger charge is 2.34. The van der Waals surface area contributed by atoms with Gasteiger partial charge in [-0.2, -0.15) is 0 Å². The lowest BCUT2D eigenvalue weighted by Crippen LogP contribution is -2.40. The maximum Gasteiger partial charge on any atom is 0.322 e. The minimum Gasteiger partial charge on any atom is -0.468 e. The largest absolute Gasteiger partial charge is 0.468 e. The molecule has 1 unspecified atom stereocenters. The van der Waals surface area contributed by atoms with Crippen molar-refractivity contribution in [2.45, 2.75) is 38.8 Å². The Hall–Kier alpha value is -0.570. The fourth-order valence-electron chi connectivity index (χ4n) is 1.56. The molecular formula is C9H17NO2. The Morgan fingerprint density at radius 3 is 2.58 bits per heavy atom. The molecule has 12 heavy (non-hydrogen) atoms. The Balaban J connectivity index is 2.46. The second kappa shape index (κ2) is 3.90. The second-order valence-corrected chi connectivity index (χ2v) is 3.26. The quantitative estimate of drug-likeness (QED) is 0.592. The lowest BCUT2D eigenvalue weighted by molar-refractivity contribution is -0.146. The van der Waals surface area contributed by atoms with Crippen LogP contribution < -0.4 is 0 Å². The molecule has 0 aromatic carbocycles. The van der Waals surface area contributed by atoms with Crippen LogP contribution in [0.15, 0.2) is 0 Å². The van der Waals surface area contributed by atoms with Gasteiger partial charge in [0, 0.05) is 6.04 Å². The highest BCUT2D eigenvalue weighted by molar-refractivity contribution is 5.75. The number of likely N-dealkylation sites (N-methyl/N-ethyl adjacent to an activating group) is 1. The lowest BCUT2D eigenvalue weighted by atomic mass is 10.3. The lowest BCUT2D eigenvalue weighted by Gasteiger charge is -2.25. The molecule has 0 amide bonds. The monoisotopic (exact) mass is 171 g/mol. The molecule has 0 aliphatic heterocycles. The van der Waals surface area contributed by atoms with Crippen LogP contribution in [0, 0.1) is 0 Å². The van der Waals surface area contributed by atoms with Crippen molar-refractivity contribution < 1.29 is 9.53 Å². The van der Waals surface area contributed by atoms with Crippen molar-refractivity contribution in [1.29, 1.82) is 0 Å². The fourth-order valence-corrected chi connectivity index (χ4v) is 1.56. The van der Waals surface area contributed by atoms with Gasteiger partial charge < -0.3 is 4.74 Å². The Morgan fingerprint density at radius 2 is 2.25 bits per heavy atom. The highest BCUT2D eigenvalue weighted by Crippen LogP contribution is 2.28. The summed E-state index contributed by atoms with van der Waals surface area (Å²) in [6.45, 7) is 4.92. The second-order valence-electron chi connectivity index (χ2n) is 3.26. The zero-order valence-electron chi connectivity index (χ0n) is 8.04. The van der Waals surface area contributed by atoms with E-state index in [1.165, 1.54) is 20.0 Å². The number of hydrogen-bond donors (Lipinski definition) is 0. The van der Waals surface area contributed by atoms with Crippen molar-refractivity contribution in [3.63, 3.8) is 0 Å². The zero-order chi connectivity index (χ0) is 9.14. The summed E-state index contributed by atoms with van der Waals surface area (Å²) in [4.78, 5) is 13.4. The van der Waals surface area contributed by atoms with Crippen LogP contribution in [-0.4, -0.2) is 36.6 Å². The summed E-state index contributed by atoms with van der Waals surface area (Å²) in [5.74, 6) is -0.122. The summed E-state index contributed by atoms with van der Waals surface area (Å²) >= 11 is 0. The molecule has 3 heteroatoms. The van der Waals surface area contributed by atoms with E-state index in [2.05, 4.69) is 11.8 Å². The zero-order valence-corrected chi connectivity index (χ0v) is 8.04. The molecule has 1 saturated carbocycles. The third-order valence-electron chi connectivity index (χ3n) is 2.42. The summed E-state index contributed by atoms with van der Waals surface area (Å²) in [5.41, 5.74) is 0. The predicted octanol–water partition coefficient (Wildman–Crippen LogP) is 1.03. The van der Waals surface area contributed by atoms with Crippen molar-refractivity contribution in [1.82, 2.24) is 4.90 Å². The van der Waals surface area contributed by atoms with Crippen LogP contribution in [-0.2, 0) is 9.53 Å². The molecule has 0 radical (unpaired) electrons. The minimum absolute atomic E-state index is 0.0764. The van der Waals surface area contributed by atoms with Gasteiger partial charge in [0.15, 0.2) is 0 Å². The molecule has 1 aliphatic rings. The average Bonchev–Trinajstić information content (AvgIpc) is 2.88. The van der Waals surface area contributed by atoms with Crippen LogP contribution in [0.5, 0.6) is 0 Å². The normalized spacial score (nSPS) is 19.3. The molecule has 1 atom stereocenters. The van der Waals surface area contributed by atoms with E-state index in [0.717, 1.165) is 6.54 Å². The summed E-state index contributed by atoms with van der Waals surface area (Å²) in [6.07, 6.45) is 2.46. The molecule has 0 heterocycles. The molecule has 1 rings (SSSR count). The molecular weight excluding hydrogens is 154 g/mol. The van der Waals surface area contributed by atoms with E-state index in [0.29, 0.717) is 6.04 Å². The Labute approximate surface area is 73.7 Å².